The number of esters is 1. The summed E-state index contributed by atoms with van der Waals surface area (Å²) < 4.78 is 4.83. The van der Waals surface area contributed by atoms with E-state index in [2.05, 4.69) is 10.6 Å². The maximum absolute atomic E-state index is 12.3. The minimum absolute atomic E-state index is 0.0950. The smallest absolute Gasteiger partial charge is 0.325 e. The molecule has 2 amide bonds. The first kappa shape index (κ1) is 18.7. The van der Waals surface area contributed by atoms with Crippen LogP contribution in [0, 0.1) is 34.5 Å². The quantitative estimate of drug-likeness (QED) is 0.500. The van der Waals surface area contributed by atoms with Gasteiger partial charge in [-0.05, 0) is 61.7 Å². The molecular weight excluding hydrogens is 334 g/mol. The van der Waals surface area contributed by atoms with E-state index in [9.17, 15) is 14.4 Å². The van der Waals surface area contributed by atoms with E-state index in [0.29, 0.717) is 6.42 Å². The van der Waals surface area contributed by atoms with Crippen molar-refractivity contribution < 1.29 is 19.1 Å². The standard InChI is InChI=1S/C19H27N3O4/c20-2-1-3-21-17(24)12-26-18(25)11-22-16(23)10-19-7-13-4-14(8-19)6-15(5-13)9-19/h13-15H,1,3-12H2,(H,21,24)(H,22,23). The second-order valence-electron chi connectivity index (χ2n) is 8.29. The Kier molecular flexibility index (Phi) is 5.80. The minimum Gasteiger partial charge on any atom is -0.454 e. The molecule has 0 heterocycles. The third-order valence-corrected chi connectivity index (χ3v) is 6.05. The highest BCUT2D eigenvalue weighted by atomic mass is 16.5. The molecule has 7 nitrogen and oxygen atoms in total. The van der Waals surface area contributed by atoms with E-state index in [4.69, 9.17) is 10.00 Å². The number of hydrogen-bond acceptors (Lipinski definition) is 5. The predicted molar refractivity (Wildman–Crippen MR) is 92.4 cm³/mol. The van der Waals surface area contributed by atoms with Crippen LogP contribution >= 0.6 is 0 Å². The summed E-state index contributed by atoms with van der Waals surface area (Å²) >= 11 is 0. The van der Waals surface area contributed by atoms with Crippen LogP contribution in [0.1, 0.15) is 51.4 Å². The van der Waals surface area contributed by atoms with Crippen LogP contribution in [0.5, 0.6) is 0 Å². The summed E-state index contributed by atoms with van der Waals surface area (Å²) in [5.74, 6) is 1.20. The summed E-state index contributed by atoms with van der Waals surface area (Å²) in [4.78, 5) is 35.4. The zero-order chi connectivity index (χ0) is 18.6. The van der Waals surface area contributed by atoms with Gasteiger partial charge in [0.25, 0.3) is 5.91 Å². The molecule has 0 spiro atoms. The Morgan fingerprint density at radius 3 is 2.19 bits per heavy atom. The molecule has 4 bridgehead atoms. The first-order chi connectivity index (χ1) is 12.5. The van der Waals surface area contributed by atoms with Crippen molar-refractivity contribution in [2.24, 2.45) is 23.2 Å². The van der Waals surface area contributed by atoms with Gasteiger partial charge in [0, 0.05) is 13.0 Å². The molecule has 4 rings (SSSR count). The molecule has 4 aliphatic rings. The molecule has 4 saturated carbocycles. The molecule has 26 heavy (non-hydrogen) atoms. The normalized spacial score (nSPS) is 31.1. The largest absolute Gasteiger partial charge is 0.454 e. The van der Waals surface area contributed by atoms with Gasteiger partial charge in [0.2, 0.25) is 5.91 Å². The SMILES string of the molecule is N#CCCNC(=O)COC(=O)CNC(=O)CC12CC3CC(CC(C3)C1)C2. The van der Waals surface area contributed by atoms with Crippen molar-refractivity contribution >= 4 is 17.8 Å². The molecule has 0 unspecified atom stereocenters. The van der Waals surface area contributed by atoms with Crippen LogP contribution in [0.25, 0.3) is 0 Å². The Hall–Kier alpha value is -2.10. The highest BCUT2D eigenvalue weighted by Crippen LogP contribution is 2.61. The number of nitriles is 1. The van der Waals surface area contributed by atoms with E-state index < -0.39 is 18.5 Å². The van der Waals surface area contributed by atoms with Crippen LogP contribution in [-0.4, -0.2) is 37.5 Å². The van der Waals surface area contributed by atoms with Crippen molar-refractivity contribution in [3.8, 4) is 6.07 Å². The highest BCUT2D eigenvalue weighted by Gasteiger charge is 2.51. The van der Waals surface area contributed by atoms with Crippen molar-refractivity contribution in [3.05, 3.63) is 0 Å². The van der Waals surface area contributed by atoms with Gasteiger partial charge in [-0.3, -0.25) is 14.4 Å². The zero-order valence-electron chi connectivity index (χ0n) is 15.1. The monoisotopic (exact) mass is 361 g/mol. The van der Waals surface area contributed by atoms with Gasteiger partial charge in [-0.1, -0.05) is 0 Å². The van der Waals surface area contributed by atoms with Gasteiger partial charge in [-0.15, -0.1) is 0 Å². The fourth-order valence-corrected chi connectivity index (χ4v) is 5.59. The minimum atomic E-state index is -0.626. The number of ether oxygens (including phenoxy) is 1. The van der Waals surface area contributed by atoms with Crippen LogP contribution in [-0.2, 0) is 19.1 Å². The first-order valence-electron chi connectivity index (χ1n) is 9.54. The number of amides is 2. The summed E-state index contributed by atoms with van der Waals surface area (Å²) in [6.45, 7) is -0.375. The number of carbonyl (C=O) groups is 3. The molecule has 0 saturated heterocycles. The molecule has 7 heteroatoms. The maximum Gasteiger partial charge on any atom is 0.325 e. The van der Waals surface area contributed by atoms with Gasteiger partial charge in [-0.25, -0.2) is 0 Å². The van der Waals surface area contributed by atoms with Gasteiger partial charge in [0.05, 0.1) is 12.5 Å². The van der Waals surface area contributed by atoms with Crippen molar-refractivity contribution in [1.29, 1.82) is 5.26 Å². The predicted octanol–water partition coefficient (Wildman–Crippen LogP) is 1.28. The number of nitrogens with zero attached hydrogens (tertiary/aromatic N) is 1. The summed E-state index contributed by atoms with van der Waals surface area (Å²) in [7, 11) is 0. The van der Waals surface area contributed by atoms with E-state index in [1.807, 2.05) is 6.07 Å². The van der Waals surface area contributed by atoms with E-state index >= 15 is 0 Å². The molecule has 0 aromatic rings. The third-order valence-electron chi connectivity index (χ3n) is 6.05. The van der Waals surface area contributed by atoms with E-state index in [0.717, 1.165) is 37.0 Å². The van der Waals surface area contributed by atoms with Crippen LogP contribution in [0.2, 0.25) is 0 Å². The fourth-order valence-electron chi connectivity index (χ4n) is 5.59. The van der Waals surface area contributed by atoms with Crippen LogP contribution in [0.15, 0.2) is 0 Å². The lowest BCUT2D eigenvalue weighted by Gasteiger charge is -2.56. The van der Waals surface area contributed by atoms with Gasteiger partial charge >= 0.3 is 5.97 Å². The summed E-state index contributed by atoms with van der Waals surface area (Å²) in [6.07, 6.45) is 8.18. The lowest BCUT2D eigenvalue weighted by atomic mass is 9.49. The summed E-state index contributed by atoms with van der Waals surface area (Å²) in [5, 5.41) is 13.5. The molecule has 4 fully saturated rings. The Bertz CT molecular complexity index is 575. The second-order valence-corrected chi connectivity index (χ2v) is 8.29. The molecule has 0 aliphatic heterocycles. The molecule has 0 radical (unpaired) electrons. The number of carbonyl (C=O) groups excluding carboxylic acids is 3. The second kappa shape index (κ2) is 8.07. The Labute approximate surface area is 153 Å². The van der Waals surface area contributed by atoms with Crippen molar-refractivity contribution in [3.63, 3.8) is 0 Å². The molecule has 4 aliphatic carbocycles. The van der Waals surface area contributed by atoms with Gasteiger partial charge in [0.15, 0.2) is 6.61 Å². The third kappa shape index (κ3) is 4.75. The topological polar surface area (TPSA) is 108 Å². The Balaban J connectivity index is 1.35. The molecule has 2 N–H and O–H groups in total. The summed E-state index contributed by atoms with van der Waals surface area (Å²) in [6, 6.07) is 1.90. The van der Waals surface area contributed by atoms with Crippen molar-refractivity contribution in [1.82, 2.24) is 10.6 Å². The number of hydrogen-bond donors (Lipinski definition) is 2. The van der Waals surface area contributed by atoms with E-state index in [1.165, 1.54) is 19.3 Å². The maximum atomic E-state index is 12.3. The first-order valence-corrected chi connectivity index (χ1v) is 9.54. The average Bonchev–Trinajstić information content (AvgIpc) is 2.56. The van der Waals surface area contributed by atoms with E-state index in [-0.39, 0.29) is 30.8 Å². The number of nitrogens with one attached hydrogen (secondary N) is 2. The van der Waals surface area contributed by atoms with Crippen molar-refractivity contribution in [2.45, 2.75) is 51.4 Å². The van der Waals surface area contributed by atoms with Gasteiger partial charge in [-0.2, -0.15) is 5.26 Å². The molecule has 0 aromatic heterocycles. The summed E-state index contributed by atoms with van der Waals surface area (Å²) in [5.41, 5.74) is 0.142. The number of rotatable bonds is 8. The Morgan fingerprint density at radius 2 is 1.62 bits per heavy atom. The molecule has 0 aromatic carbocycles. The van der Waals surface area contributed by atoms with Crippen molar-refractivity contribution in [2.75, 3.05) is 19.7 Å². The fraction of sp³-hybridized carbons (Fsp3) is 0.789. The van der Waals surface area contributed by atoms with Crippen LogP contribution < -0.4 is 10.6 Å². The Morgan fingerprint density at radius 1 is 1.00 bits per heavy atom. The molecular formula is C19H27N3O4. The van der Waals surface area contributed by atoms with Gasteiger partial charge < -0.3 is 15.4 Å². The highest BCUT2D eigenvalue weighted by molar-refractivity contribution is 5.84. The molecule has 0 atom stereocenters. The van der Waals surface area contributed by atoms with Crippen LogP contribution in [0.4, 0.5) is 0 Å². The average molecular weight is 361 g/mol. The van der Waals surface area contributed by atoms with E-state index in [1.54, 1.807) is 0 Å². The zero-order valence-corrected chi connectivity index (χ0v) is 15.1. The lowest BCUT2D eigenvalue weighted by Crippen LogP contribution is -2.48. The molecule has 142 valence electrons. The lowest BCUT2D eigenvalue weighted by molar-refractivity contribution is -0.148. The van der Waals surface area contributed by atoms with Crippen LogP contribution in [0.3, 0.4) is 0 Å². The van der Waals surface area contributed by atoms with Gasteiger partial charge in [0.1, 0.15) is 6.54 Å².